The minimum Gasteiger partial charge on any atom is -0.478 e. The minimum atomic E-state index is -3.30. The van der Waals surface area contributed by atoms with Crippen molar-refractivity contribution in [3.8, 4) is 0 Å². The first-order valence-electron chi connectivity index (χ1n) is 6.34. The zero-order valence-electron chi connectivity index (χ0n) is 11.1. The van der Waals surface area contributed by atoms with E-state index in [-0.39, 0.29) is 5.56 Å². The van der Waals surface area contributed by atoms with Gasteiger partial charge in [0.15, 0.2) is 9.84 Å². The number of aromatic carboxylic acids is 1. The van der Waals surface area contributed by atoms with E-state index in [9.17, 15) is 18.3 Å². The molecule has 1 heterocycles. The van der Waals surface area contributed by atoms with E-state index in [1.807, 2.05) is 0 Å². The second-order valence-electron chi connectivity index (χ2n) is 5.15. The molecule has 1 aromatic carbocycles. The van der Waals surface area contributed by atoms with Crippen LogP contribution in [0.5, 0.6) is 0 Å². The van der Waals surface area contributed by atoms with Crippen LogP contribution < -0.4 is 0 Å². The molecule has 1 aromatic heterocycles. The number of carboxylic acids is 1. The Bertz CT molecular complexity index is 876. The molecule has 0 fully saturated rings. The molecule has 0 radical (unpaired) electrons. The molecule has 1 aliphatic rings. The van der Waals surface area contributed by atoms with Gasteiger partial charge in [0.1, 0.15) is 5.25 Å². The molecule has 110 valence electrons. The molecule has 1 aliphatic carbocycles. The minimum absolute atomic E-state index is 0.161. The number of pyridine rings is 1. The number of nitrogens with zero attached hydrogens (tertiary/aromatic N) is 1. The van der Waals surface area contributed by atoms with E-state index in [1.54, 1.807) is 18.2 Å². The highest BCUT2D eigenvalue weighted by Crippen LogP contribution is 2.41. The molecule has 1 N–H and O–H groups in total. The molecular weight excluding hydrogens is 358 g/mol. The number of sulfone groups is 1. The largest absolute Gasteiger partial charge is 0.478 e. The van der Waals surface area contributed by atoms with E-state index in [2.05, 4.69) is 20.9 Å². The Morgan fingerprint density at radius 3 is 2.76 bits per heavy atom. The van der Waals surface area contributed by atoms with Gasteiger partial charge in [-0.05, 0) is 30.5 Å². The number of rotatable bonds is 2. The van der Waals surface area contributed by atoms with Gasteiger partial charge < -0.3 is 5.11 Å². The molecule has 0 aliphatic heterocycles. The summed E-state index contributed by atoms with van der Waals surface area (Å²) in [6, 6.07) is 5.21. The Morgan fingerprint density at radius 2 is 2.14 bits per heavy atom. The summed E-state index contributed by atoms with van der Waals surface area (Å²) in [6.07, 6.45) is 1.97. The number of fused-ring (bicyclic) bond motifs is 2. The summed E-state index contributed by atoms with van der Waals surface area (Å²) in [4.78, 5) is 16.1. The van der Waals surface area contributed by atoms with E-state index in [4.69, 9.17) is 0 Å². The fourth-order valence-electron chi connectivity index (χ4n) is 2.91. The summed E-state index contributed by atoms with van der Waals surface area (Å²) >= 11 is 3.36. The van der Waals surface area contributed by atoms with Gasteiger partial charge in [-0.25, -0.2) is 13.2 Å². The molecule has 0 saturated carbocycles. The number of halogens is 1. The number of hydrogen-bond donors (Lipinski definition) is 1. The first-order chi connectivity index (χ1) is 9.80. The predicted molar refractivity (Wildman–Crippen MR) is 82.3 cm³/mol. The SMILES string of the molecule is CS(=O)(=O)C1CCc2c1nc1cccc(Br)c1c2C(=O)O. The van der Waals surface area contributed by atoms with Gasteiger partial charge in [0, 0.05) is 16.1 Å². The molecular formula is C14H12BrNO4S. The van der Waals surface area contributed by atoms with Gasteiger partial charge in [0.25, 0.3) is 0 Å². The third-order valence-electron chi connectivity index (χ3n) is 3.79. The lowest BCUT2D eigenvalue weighted by atomic mass is 10.0. The molecule has 0 bridgehead atoms. The maximum absolute atomic E-state index is 11.9. The van der Waals surface area contributed by atoms with Crippen LogP contribution in [0.1, 0.15) is 33.3 Å². The van der Waals surface area contributed by atoms with Crippen LogP contribution in [0.15, 0.2) is 22.7 Å². The van der Waals surface area contributed by atoms with E-state index in [0.29, 0.717) is 39.5 Å². The van der Waals surface area contributed by atoms with Gasteiger partial charge in [0.2, 0.25) is 0 Å². The molecule has 0 amide bonds. The molecule has 0 saturated heterocycles. The van der Waals surface area contributed by atoms with Gasteiger partial charge in [-0.2, -0.15) is 0 Å². The lowest BCUT2D eigenvalue weighted by molar-refractivity contribution is 0.0698. The maximum Gasteiger partial charge on any atom is 0.336 e. The first-order valence-corrected chi connectivity index (χ1v) is 9.08. The molecule has 21 heavy (non-hydrogen) atoms. The normalized spacial score (nSPS) is 17.9. The van der Waals surface area contributed by atoms with Crippen LogP contribution in [0.4, 0.5) is 0 Å². The Morgan fingerprint density at radius 1 is 1.43 bits per heavy atom. The topological polar surface area (TPSA) is 84.3 Å². The van der Waals surface area contributed by atoms with Gasteiger partial charge >= 0.3 is 5.97 Å². The van der Waals surface area contributed by atoms with Crippen LogP contribution >= 0.6 is 15.9 Å². The summed E-state index contributed by atoms with van der Waals surface area (Å²) in [5, 5.41) is 9.37. The van der Waals surface area contributed by atoms with E-state index in [0.717, 1.165) is 0 Å². The molecule has 1 unspecified atom stereocenters. The molecule has 1 atom stereocenters. The van der Waals surface area contributed by atoms with Crippen molar-refractivity contribution in [1.82, 2.24) is 4.98 Å². The average molecular weight is 370 g/mol. The standard InChI is InChI=1S/C14H12BrNO4S/c1-21(19,20)10-6-5-7-11(14(17)18)12-8(15)3-2-4-9(12)16-13(7)10/h2-4,10H,5-6H2,1H3,(H,17,18). The van der Waals surface area contributed by atoms with E-state index < -0.39 is 21.1 Å². The average Bonchev–Trinajstić information content (AvgIpc) is 2.79. The van der Waals surface area contributed by atoms with Crippen molar-refractivity contribution in [2.45, 2.75) is 18.1 Å². The summed E-state index contributed by atoms with van der Waals surface area (Å²) in [7, 11) is -3.30. The zero-order chi connectivity index (χ0) is 15.4. The van der Waals surface area contributed by atoms with Crippen LogP contribution in [0.25, 0.3) is 10.9 Å². The number of carboxylic acid groups (broad SMARTS) is 1. The number of carbonyl (C=O) groups is 1. The highest BCUT2D eigenvalue weighted by molar-refractivity contribution is 9.10. The monoisotopic (exact) mass is 369 g/mol. The van der Waals surface area contributed by atoms with Crippen molar-refractivity contribution in [3.63, 3.8) is 0 Å². The quantitative estimate of drug-likeness (QED) is 0.879. The first kappa shape index (κ1) is 14.5. The Kier molecular flexibility index (Phi) is 3.29. The van der Waals surface area contributed by atoms with Crippen molar-refractivity contribution in [3.05, 3.63) is 39.5 Å². The van der Waals surface area contributed by atoms with Crippen molar-refractivity contribution in [2.24, 2.45) is 0 Å². The molecule has 5 nitrogen and oxygen atoms in total. The van der Waals surface area contributed by atoms with Crippen molar-refractivity contribution in [1.29, 1.82) is 0 Å². The van der Waals surface area contributed by atoms with Crippen LogP contribution in [0, 0.1) is 0 Å². The van der Waals surface area contributed by atoms with Crippen LogP contribution in [0.2, 0.25) is 0 Å². The predicted octanol–water partition coefficient (Wildman–Crippen LogP) is 2.73. The van der Waals surface area contributed by atoms with Gasteiger partial charge in [-0.15, -0.1) is 0 Å². The van der Waals surface area contributed by atoms with Crippen LogP contribution in [-0.4, -0.2) is 30.7 Å². The van der Waals surface area contributed by atoms with E-state index >= 15 is 0 Å². The lowest BCUT2D eigenvalue weighted by Gasteiger charge is -2.13. The smallest absolute Gasteiger partial charge is 0.336 e. The summed E-state index contributed by atoms with van der Waals surface area (Å²) in [5.41, 5.74) is 1.59. The third kappa shape index (κ3) is 2.24. The fourth-order valence-corrected chi connectivity index (χ4v) is 4.61. The van der Waals surface area contributed by atoms with Gasteiger partial charge in [-0.1, -0.05) is 22.0 Å². The molecule has 3 rings (SSSR count). The second kappa shape index (κ2) is 4.78. The molecule has 0 spiro atoms. The third-order valence-corrected chi connectivity index (χ3v) is 5.94. The Labute approximate surface area is 130 Å². The maximum atomic E-state index is 11.9. The number of hydrogen-bond acceptors (Lipinski definition) is 4. The number of aromatic nitrogens is 1. The zero-order valence-corrected chi connectivity index (χ0v) is 13.5. The van der Waals surface area contributed by atoms with Crippen LogP contribution in [0.3, 0.4) is 0 Å². The summed E-state index contributed by atoms with van der Waals surface area (Å²) < 4.78 is 24.4. The highest BCUT2D eigenvalue weighted by Gasteiger charge is 2.36. The fraction of sp³-hybridized carbons (Fsp3) is 0.286. The highest BCUT2D eigenvalue weighted by atomic mass is 79.9. The lowest BCUT2D eigenvalue weighted by Crippen LogP contribution is -2.11. The van der Waals surface area contributed by atoms with Gasteiger partial charge in [-0.3, -0.25) is 4.98 Å². The Hall–Kier alpha value is -1.47. The summed E-state index contributed by atoms with van der Waals surface area (Å²) in [6.45, 7) is 0. The van der Waals surface area contributed by atoms with Crippen LogP contribution in [-0.2, 0) is 16.3 Å². The van der Waals surface area contributed by atoms with Crippen molar-refractivity contribution >= 4 is 42.6 Å². The van der Waals surface area contributed by atoms with Crippen molar-refractivity contribution < 1.29 is 18.3 Å². The molecule has 7 heteroatoms. The number of benzene rings is 1. The molecule has 2 aromatic rings. The van der Waals surface area contributed by atoms with Gasteiger partial charge in [0.05, 0.1) is 16.8 Å². The Balaban J connectivity index is 2.44. The van der Waals surface area contributed by atoms with Crippen molar-refractivity contribution in [2.75, 3.05) is 6.26 Å². The van der Waals surface area contributed by atoms with E-state index in [1.165, 1.54) is 6.26 Å². The summed E-state index contributed by atoms with van der Waals surface area (Å²) in [5.74, 6) is -1.06. The second-order valence-corrected chi connectivity index (χ2v) is 8.23.